The van der Waals surface area contributed by atoms with Crippen molar-refractivity contribution >= 4 is 61.4 Å². The van der Waals surface area contributed by atoms with Crippen LogP contribution in [0.15, 0.2) is 41.8 Å². The van der Waals surface area contributed by atoms with Crippen LogP contribution in [0.3, 0.4) is 0 Å². The van der Waals surface area contributed by atoms with Gasteiger partial charge in [0.25, 0.3) is 5.91 Å². The van der Waals surface area contributed by atoms with Crippen LogP contribution in [0.25, 0.3) is 15.9 Å². The lowest BCUT2D eigenvalue weighted by molar-refractivity contribution is -0.119. The van der Waals surface area contributed by atoms with Gasteiger partial charge in [0.1, 0.15) is 20.8 Å². The third kappa shape index (κ3) is 3.93. The Labute approximate surface area is 184 Å². The number of carbonyl (C=O) groups is 2. The number of halogens is 1. The summed E-state index contributed by atoms with van der Waals surface area (Å²) in [5.41, 5.74) is 1.91. The quantitative estimate of drug-likeness (QED) is 0.436. The van der Waals surface area contributed by atoms with Crippen LogP contribution in [0.5, 0.6) is 0 Å². The van der Waals surface area contributed by atoms with Gasteiger partial charge in [0.05, 0.1) is 16.9 Å². The van der Waals surface area contributed by atoms with E-state index in [0.29, 0.717) is 20.5 Å². The number of anilines is 1. The summed E-state index contributed by atoms with van der Waals surface area (Å²) >= 11 is 8.54. The maximum atomic E-state index is 12.5. The van der Waals surface area contributed by atoms with Gasteiger partial charge in [-0.2, -0.15) is 10.4 Å². The van der Waals surface area contributed by atoms with Crippen molar-refractivity contribution in [1.29, 1.82) is 5.26 Å². The summed E-state index contributed by atoms with van der Waals surface area (Å²) in [6.45, 7) is 1.40. The molecule has 4 aromatic rings. The molecule has 150 valence electrons. The Kier molecular flexibility index (Phi) is 5.55. The van der Waals surface area contributed by atoms with Gasteiger partial charge in [-0.1, -0.05) is 17.7 Å². The summed E-state index contributed by atoms with van der Waals surface area (Å²) in [5, 5.41) is 19.6. The fraction of sp³-hybridized carbons (Fsp3) is 0.100. The normalized spacial score (nSPS) is 10.7. The van der Waals surface area contributed by atoms with Crippen LogP contribution in [0, 0.1) is 18.3 Å². The van der Waals surface area contributed by atoms with Crippen LogP contribution in [-0.4, -0.2) is 28.3 Å². The molecule has 0 unspecified atom stereocenters. The zero-order chi connectivity index (χ0) is 21.3. The van der Waals surface area contributed by atoms with E-state index in [1.807, 2.05) is 25.1 Å². The maximum Gasteiger partial charge on any atom is 0.348 e. The molecular weight excluding hydrogens is 444 g/mol. The minimum atomic E-state index is -0.602. The highest BCUT2D eigenvalue weighted by Crippen LogP contribution is 2.31. The number of hydrogen-bond donors (Lipinski definition) is 1. The number of fused-ring (bicyclic) bond motifs is 1. The van der Waals surface area contributed by atoms with Gasteiger partial charge in [0, 0.05) is 10.4 Å². The summed E-state index contributed by atoms with van der Waals surface area (Å²) < 4.78 is 6.87. The summed E-state index contributed by atoms with van der Waals surface area (Å²) in [4.78, 5) is 25.7. The van der Waals surface area contributed by atoms with Crippen LogP contribution < -0.4 is 5.32 Å². The molecule has 1 aromatic carbocycles. The van der Waals surface area contributed by atoms with E-state index in [1.165, 1.54) is 22.7 Å². The second kappa shape index (κ2) is 8.28. The topological polar surface area (TPSA) is 97.0 Å². The van der Waals surface area contributed by atoms with Gasteiger partial charge >= 0.3 is 5.97 Å². The number of thiophene rings is 2. The largest absolute Gasteiger partial charge is 0.451 e. The smallest absolute Gasteiger partial charge is 0.348 e. The van der Waals surface area contributed by atoms with E-state index in [-0.39, 0.29) is 0 Å². The lowest BCUT2D eigenvalue weighted by atomic mass is 10.3. The summed E-state index contributed by atoms with van der Waals surface area (Å²) in [5.74, 6) is -1.11. The van der Waals surface area contributed by atoms with Gasteiger partial charge < -0.3 is 10.1 Å². The molecule has 3 heterocycles. The van der Waals surface area contributed by atoms with Crippen molar-refractivity contribution in [3.8, 4) is 11.8 Å². The molecule has 0 bridgehead atoms. The highest BCUT2D eigenvalue weighted by atomic mass is 35.5. The average Bonchev–Trinajstić information content (AvgIpc) is 3.43. The Bertz CT molecular complexity index is 1320. The third-order valence-electron chi connectivity index (χ3n) is 4.17. The lowest BCUT2D eigenvalue weighted by Gasteiger charge is -2.04. The van der Waals surface area contributed by atoms with Crippen molar-refractivity contribution in [2.24, 2.45) is 0 Å². The molecule has 1 N–H and O–H groups in total. The van der Waals surface area contributed by atoms with Crippen molar-refractivity contribution in [2.75, 3.05) is 11.9 Å². The van der Waals surface area contributed by atoms with Crippen molar-refractivity contribution in [3.05, 3.63) is 62.9 Å². The molecular formula is C20H13ClN4O3S2. The van der Waals surface area contributed by atoms with Gasteiger partial charge in [-0.05, 0) is 42.6 Å². The number of nitrogens with zero attached hydrogens (tertiary/aromatic N) is 3. The van der Waals surface area contributed by atoms with Crippen LogP contribution in [-0.2, 0) is 9.53 Å². The zero-order valence-electron chi connectivity index (χ0n) is 15.5. The van der Waals surface area contributed by atoms with Gasteiger partial charge in [0.2, 0.25) is 0 Å². The fourth-order valence-electron chi connectivity index (χ4n) is 2.79. The van der Waals surface area contributed by atoms with Crippen LogP contribution in [0.4, 0.5) is 5.00 Å². The summed E-state index contributed by atoms with van der Waals surface area (Å²) in [6, 6.07) is 12.6. The van der Waals surface area contributed by atoms with Gasteiger partial charge in [-0.15, -0.1) is 22.7 Å². The molecule has 0 aliphatic heterocycles. The monoisotopic (exact) mass is 456 g/mol. The number of ether oxygens (including phenoxy) is 1. The van der Waals surface area contributed by atoms with E-state index < -0.39 is 18.5 Å². The van der Waals surface area contributed by atoms with E-state index in [4.69, 9.17) is 21.6 Å². The Balaban J connectivity index is 1.49. The number of aryl methyl sites for hydroxylation is 1. The Morgan fingerprint density at radius 2 is 2.17 bits per heavy atom. The van der Waals surface area contributed by atoms with E-state index in [9.17, 15) is 9.59 Å². The van der Waals surface area contributed by atoms with Gasteiger partial charge in [0.15, 0.2) is 6.61 Å². The van der Waals surface area contributed by atoms with E-state index in [1.54, 1.807) is 34.3 Å². The number of benzene rings is 1. The Hall–Kier alpha value is -3.19. The molecule has 0 aliphatic carbocycles. The number of rotatable bonds is 5. The number of esters is 1. The number of aromatic nitrogens is 2. The van der Waals surface area contributed by atoms with E-state index in [0.717, 1.165) is 21.6 Å². The molecule has 0 aliphatic rings. The predicted molar refractivity (Wildman–Crippen MR) is 117 cm³/mol. The minimum Gasteiger partial charge on any atom is -0.451 e. The molecule has 0 fully saturated rings. The Morgan fingerprint density at radius 3 is 2.93 bits per heavy atom. The fourth-order valence-corrected chi connectivity index (χ4v) is 4.80. The van der Waals surface area contributed by atoms with Crippen LogP contribution in [0.2, 0.25) is 5.02 Å². The van der Waals surface area contributed by atoms with Crippen LogP contribution in [0.1, 0.15) is 20.9 Å². The highest BCUT2D eigenvalue weighted by Gasteiger charge is 2.19. The highest BCUT2D eigenvalue weighted by molar-refractivity contribution is 7.20. The SMILES string of the molecule is Cc1nn(-c2cccc(Cl)c2)c2sc(C(=O)OCC(=O)Nc3sccc3C#N)cc12. The summed E-state index contributed by atoms with van der Waals surface area (Å²) in [7, 11) is 0. The lowest BCUT2D eigenvalue weighted by Crippen LogP contribution is -2.20. The molecule has 0 atom stereocenters. The first-order valence-corrected chi connectivity index (χ1v) is 10.7. The first-order chi connectivity index (χ1) is 14.5. The van der Waals surface area contributed by atoms with Crippen molar-refractivity contribution in [1.82, 2.24) is 9.78 Å². The molecule has 30 heavy (non-hydrogen) atoms. The number of nitrogens with one attached hydrogen (secondary N) is 1. The molecule has 0 saturated carbocycles. The van der Waals surface area contributed by atoms with Crippen molar-refractivity contribution in [2.45, 2.75) is 6.92 Å². The maximum absolute atomic E-state index is 12.5. The standard InChI is InChI=1S/C20H13ClN4O3S2/c1-11-15-8-16(30-19(15)25(24-11)14-4-2-3-13(21)7-14)20(27)28-10-17(26)23-18-12(9-22)5-6-29-18/h2-8H,10H2,1H3,(H,23,26). The molecule has 3 aromatic heterocycles. The number of hydrogen-bond acceptors (Lipinski definition) is 7. The second-order valence-corrected chi connectivity index (χ2v) is 8.59. The molecule has 4 rings (SSSR count). The van der Waals surface area contributed by atoms with Gasteiger partial charge in [-0.3, -0.25) is 4.79 Å². The first kappa shape index (κ1) is 20.1. The van der Waals surface area contributed by atoms with Crippen LogP contribution >= 0.6 is 34.3 Å². The molecule has 10 heteroatoms. The number of nitriles is 1. The molecule has 7 nitrogen and oxygen atoms in total. The summed E-state index contributed by atoms with van der Waals surface area (Å²) in [6.07, 6.45) is 0. The van der Waals surface area contributed by atoms with Crippen molar-refractivity contribution in [3.63, 3.8) is 0 Å². The van der Waals surface area contributed by atoms with E-state index >= 15 is 0 Å². The van der Waals surface area contributed by atoms with Gasteiger partial charge in [-0.25, -0.2) is 9.48 Å². The average molecular weight is 457 g/mol. The third-order valence-corrected chi connectivity index (χ3v) is 6.33. The Morgan fingerprint density at radius 1 is 1.33 bits per heavy atom. The minimum absolute atomic E-state index is 0.364. The molecule has 1 amide bonds. The number of amides is 1. The predicted octanol–water partition coefficient (Wildman–Crippen LogP) is 4.78. The van der Waals surface area contributed by atoms with Crippen molar-refractivity contribution < 1.29 is 14.3 Å². The number of carbonyl (C=O) groups excluding carboxylic acids is 2. The first-order valence-electron chi connectivity index (χ1n) is 8.66. The molecule has 0 radical (unpaired) electrons. The second-order valence-electron chi connectivity index (χ2n) is 6.21. The van der Waals surface area contributed by atoms with E-state index in [2.05, 4.69) is 10.4 Å². The molecule has 0 spiro atoms. The molecule has 0 saturated heterocycles. The zero-order valence-corrected chi connectivity index (χ0v) is 17.9.